The van der Waals surface area contributed by atoms with Crippen molar-refractivity contribution in [3.63, 3.8) is 0 Å². The van der Waals surface area contributed by atoms with Crippen LogP contribution in [0.15, 0.2) is 36.5 Å². The van der Waals surface area contributed by atoms with E-state index in [0.717, 1.165) is 48.9 Å². The minimum absolute atomic E-state index is 0.122. The highest BCUT2D eigenvalue weighted by molar-refractivity contribution is 7.22. The van der Waals surface area contributed by atoms with Crippen molar-refractivity contribution in [2.45, 2.75) is 44.4 Å². The van der Waals surface area contributed by atoms with Crippen LogP contribution in [0.25, 0.3) is 10.2 Å². The van der Waals surface area contributed by atoms with E-state index in [-0.39, 0.29) is 12.1 Å². The van der Waals surface area contributed by atoms with Crippen LogP contribution in [0.5, 0.6) is 0 Å². The first kappa shape index (κ1) is 17.7. The summed E-state index contributed by atoms with van der Waals surface area (Å²) >= 11 is 1.67. The number of nitrogens with one attached hydrogen (secondary N) is 1. The van der Waals surface area contributed by atoms with Crippen molar-refractivity contribution in [1.82, 2.24) is 9.97 Å². The van der Waals surface area contributed by atoms with Gasteiger partial charge in [0.2, 0.25) is 0 Å². The molecule has 2 atom stereocenters. The van der Waals surface area contributed by atoms with Crippen LogP contribution >= 0.6 is 11.3 Å². The number of rotatable bonds is 4. The van der Waals surface area contributed by atoms with Gasteiger partial charge < -0.3 is 20.2 Å². The summed E-state index contributed by atoms with van der Waals surface area (Å²) in [6.45, 7) is 1.67. The number of anilines is 3. The fraction of sp³-hybridized carbons (Fsp3) is 0.429. The summed E-state index contributed by atoms with van der Waals surface area (Å²) in [5.41, 5.74) is 3.45. The summed E-state index contributed by atoms with van der Waals surface area (Å²) in [6, 6.07) is 10.7. The van der Waals surface area contributed by atoms with Gasteiger partial charge in [-0.05, 0) is 42.7 Å². The molecule has 3 heterocycles. The quantitative estimate of drug-likeness (QED) is 0.700. The molecule has 0 unspecified atom stereocenters. The van der Waals surface area contributed by atoms with Crippen LogP contribution < -0.4 is 15.1 Å². The van der Waals surface area contributed by atoms with Gasteiger partial charge in [0.05, 0.1) is 34.7 Å². The zero-order valence-corrected chi connectivity index (χ0v) is 16.8. The first-order valence-corrected chi connectivity index (χ1v) is 10.7. The number of thiazole rings is 1. The number of hydrogen-bond acceptors (Lipinski definition) is 7. The minimum atomic E-state index is -0.268. The van der Waals surface area contributed by atoms with Crippen LogP contribution in [0.3, 0.4) is 0 Å². The Morgan fingerprint density at radius 3 is 3.04 bits per heavy atom. The van der Waals surface area contributed by atoms with Gasteiger partial charge in [0, 0.05) is 19.8 Å². The Morgan fingerprint density at radius 2 is 2.14 bits per heavy atom. The Morgan fingerprint density at radius 1 is 1.25 bits per heavy atom. The van der Waals surface area contributed by atoms with Gasteiger partial charge in [-0.15, -0.1) is 0 Å². The van der Waals surface area contributed by atoms with Crippen molar-refractivity contribution in [3.05, 3.63) is 42.1 Å². The maximum absolute atomic E-state index is 10.2. The Bertz CT molecular complexity index is 990. The lowest BCUT2D eigenvalue weighted by molar-refractivity contribution is 0.116. The molecule has 5 rings (SSSR count). The summed E-state index contributed by atoms with van der Waals surface area (Å²) in [4.78, 5) is 13.8. The van der Waals surface area contributed by atoms with E-state index in [0.29, 0.717) is 0 Å². The Labute approximate surface area is 168 Å². The van der Waals surface area contributed by atoms with E-state index >= 15 is 0 Å². The fourth-order valence-electron chi connectivity index (χ4n) is 4.24. The van der Waals surface area contributed by atoms with Gasteiger partial charge in [-0.25, -0.2) is 9.97 Å². The second-order valence-electron chi connectivity index (χ2n) is 7.81. The molecule has 1 aromatic carbocycles. The number of aliphatic hydroxyl groups is 1. The van der Waals surface area contributed by atoms with Crippen LogP contribution in [0.1, 0.15) is 31.2 Å². The van der Waals surface area contributed by atoms with Gasteiger partial charge in [-0.1, -0.05) is 30.2 Å². The number of fused-ring (bicyclic) bond motifs is 2. The fourth-order valence-corrected chi connectivity index (χ4v) is 5.23. The Balaban J connectivity index is 1.34. The minimum Gasteiger partial charge on any atom is -0.391 e. The number of nitrogens with zero attached hydrogens (tertiary/aromatic N) is 4. The molecule has 0 saturated heterocycles. The SMILES string of the molecule is CN1CN(Cc2ccc3nc(N[C@@H]4CCCC[C@H]4O)sc3c2)c2ncccc21. The summed E-state index contributed by atoms with van der Waals surface area (Å²) in [5.74, 6) is 1.04. The lowest BCUT2D eigenvalue weighted by Gasteiger charge is -2.27. The molecule has 0 bridgehead atoms. The van der Waals surface area contributed by atoms with Crippen molar-refractivity contribution in [3.8, 4) is 0 Å². The van der Waals surface area contributed by atoms with Gasteiger partial charge in [-0.3, -0.25) is 0 Å². The maximum Gasteiger partial charge on any atom is 0.184 e. The number of pyridine rings is 1. The zero-order valence-electron chi connectivity index (χ0n) is 16.0. The largest absolute Gasteiger partial charge is 0.391 e. The molecule has 2 aromatic heterocycles. The van der Waals surface area contributed by atoms with E-state index in [1.54, 1.807) is 11.3 Å². The van der Waals surface area contributed by atoms with E-state index in [1.807, 2.05) is 12.3 Å². The molecule has 1 saturated carbocycles. The first-order chi connectivity index (χ1) is 13.7. The summed E-state index contributed by atoms with van der Waals surface area (Å²) in [6.07, 6.45) is 5.77. The third-order valence-electron chi connectivity index (χ3n) is 5.72. The lowest BCUT2D eigenvalue weighted by Crippen LogP contribution is -2.36. The third-order valence-corrected chi connectivity index (χ3v) is 6.67. The average molecular weight is 396 g/mol. The van der Waals surface area contributed by atoms with Gasteiger partial charge in [-0.2, -0.15) is 0 Å². The first-order valence-electron chi connectivity index (χ1n) is 9.92. The van der Waals surface area contributed by atoms with Crippen molar-refractivity contribution >= 4 is 38.2 Å². The number of aromatic nitrogens is 2. The van der Waals surface area contributed by atoms with Gasteiger partial charge >= 0.3 is 0 Å². The number of hydrogen-bond donors (Lipinski definition) is 2. The molecule has 2 aliphatic rings. The monoisotopic (exact) mass is 395 g/mol. The van der Waals surface area contributed by atoms with Gasteiger partial charge in [0.1, 0.15) is 0 Å². The van der Waals surface area contributed by atoms with Crippen molar-refractivity contribution in [2.75, 3.05) is 28.8 Å². The van der Waals surface area contributed by atoms with Crippen molar-refractivity contribution in [1.29, 1.82) is 0 Å². The van der Waals surface area contributed by atoms with Crippen molar-refractivity contribution in [2.24, 2.45) is 0 Å². The van der Waals surface area contributed by atoms with Crippen LogP contribution in [-0.4, -0.2) is 40.9 Å². The molecule has 28 heavy (non-hydrogen) atoms. The van der Waals surface area contributed by atoms with E-state index in [9.17, 15) is 5.11 Å². The highest BCUT2D eigenvalue weighted by Gasteiger charge is 2.25. The molecular weight excluding hydrogens is 370 g/mol. The smallest absolute Gasteiger partial charge is 0.184 e. The average Bonchev–Trinajstić information content (AvgIpc) is 3.24. The molecule has 1 aliphatic carbocycles. The second kappa shape index (κ2) is 7.22. The van der Waals surface area contributed by atoms with Crippen LogP contribution in [0, 0.1) is 0 Å². The summed E-state index contributed by atoms with van der Waals surface area (Å²) < 4.78 is 1.18. The maximum atomic E-state index is 10.2. The Kier molecular flexibility index (Phi) is 4.56. The molecule has 3 aromatic rings. The predicted octanol–water partition coefficient (Wildman–Crippen LogP) is 3.82. The second-order valence-corrected chi connectivity index (χ2v) is 8.84. The molecule has 1 aliphatic heterocycles. The Hall–Kier alpha value is -2.38. The summed E-state index contributed by atoms with van der Waals surface area (Å²) in [5, 5.41) is 14.6. The van der Waals surface area contributed by atoms with Crippen LogP contribution in [0.2, 0.25) is 0 Å². The van der Waals surface area contributed by atoms with Crippen LogP contribution in [-0.2, 0) is 6.54 Å². The summed E-state index contributed by atoms with van der Waals surface area (Å²) in [7, 11) is 2.10. The molecule has 0 radical (unpaired) electrons. The van der Waals surface area contributed by atoms with E-state index < -0.39 is 0 Å². The molecule has 1 fully saturated rings. The molecule has 6 nitrogen and oxygen atoms in total. The topological polar surface area (TPSA) is 64.5 Å². The molecule has 0 spiro atoms. The lowest BCUT2D eigenvalue weighted by atomic mass is 9.93. The zero-order chi connectivity index (χ0) is 19.1. The molecule has 7 heteroatoms. The highest BCUT2D eigenvalue weighted by atomic mass is 32.1. The molecule has 146 valence electrons. The molecule has 0 amide bonds. The standard InChI is InChI=1S/C21H25N5OS/c1-25-13-26(20-17(25)6-4-10-22-20)12-14-8-9-16-19(11-14)28-21(24-16)23-15-5-2-3-7-18(15)27/h4,6,8-11,15,18,27H,2-3,5,7,12-13H2,1H3,(H,23,24)/t15-,18-/m1/s1. The van der Waals surface area contributed by atoms with E-state index in [2.05, 4.69) is 51.4 Å². The van der Waals surface area contributed by atoms with Gasteiger partial charge in [0.25, 0.3) is 0 Å². The van der Waals surface area contributed by atoms with Gasteiger partial charge in [0.15, 0.2) is 10.9 Å². The molecular formula is C21H25N5OS. The number of benzene rings is 1. The van der Waals surface area contributed by atoms with Crippen molar-refractivity contribution < 1.29 is 5.11 Å². The number of aliphatic hydroxyl groups excluding tert-OH is 1. The van der Waals surface area contributed by atoms with E-state index in [1.165, 1.54) is 22.4 Å². The van der Waals surface area contributed by atoms with Crippen LogP contribution in [0.4, 0.5) is 16.6 Å². The van der Waals surface area contributed by atoms with E-state index in [4.69, 9.17) is 4.98 Å². The normalized spacial score (nSPS) is 21.9. The third kappa shape index (κ3) is 3.29. The highest BCUT2D eigenvalue weighted by Crippen LogP contribution is 2.34. The predicted molar refractivity (Wildman–Crippen MR) is 115 cm³/mol. The molecule has 2 N–H and O–H groups in total.